The zero-order chi connectivity index (χ0) is 26.8. The normalized spacial score (nSPS) is 22.1. The molecule has 3 saturated carbocycles. The molecule has 3 heteroatoms. The molecule has 2 bridgehead atoms. The van der Waals surface area contributed by atoms with Crippen molar-refractivity contribution < 1.29 is 4.74 Å². The fraction of sp³-hybridized carbons (Fsp3) is 0.600. The van der Waals surface area contributed by atoms with Crippen LogP contribution in [0, 0.1) is 28.1 Å². The summed E-state index contributed by atoms with van der Waals surface area (Å²) in [5.41, 5.74) is 4.68. The number of rotatable bonds is 14. The fourth-order valence-electron chi connectivity index (χ4n) is 7.11. The maximum atomic E-state index is 10.3. The van der Waals surface area contributed by atoms with Crippen LogP contribution in [0.25, 0.3) is 11.1 Å². The summed E-state index contributed by atoms with van der Waals surface area (Å²) < 4.78 is 5.94. The molecule has 5 rings (SSSR count). The van der Waals surface area contributed by atoms with Gasteiger partial charge in [-0.2, -0.15) is 10.5 Å². The second kappa shape index (κ2) is 13.3. The summed E-state index contributed by atoms with van der Waals surface area (Å²) in [6.07, 6.45) is 20.1. The Morgan fingerprint density at radius 1 is 0.684 bits per heavy atom. The van der Waals surface area contributed by atoms with Gasteiger partial charge in [0.05, 0.1) is 17.7 Å². The molecular formula is C35H46N2O. The lowest BCUT2D eigenvalue weighted by molar-refractivity contribution is 0.0303. The summed E-state index contributed by atoms with van der Waals surface area (Å²) in [6, 6.07) is 17.2. The first-order valence-corrected chi connectivity index (χ1v) is 15.3. The van der Waals surface area contributed by atoms with E-state index in [0.717, 1.165) is 54.7 Å². The predicted molar refractivity (Wildman–Crippen MR) is 156 cm³/mol. The number of unbranched alkanes of at least 4 members (excludes halogenated alkanes) is 7. The van der Waals surface area contributed by atoms with Gasteiger partial charge in [-0.3, -0.25) is 0 Å². The van der Waals surface area contributed by atoms with Crippen molar-refractivity contribution in [2.75, 3.05) is 6.61 Å². The first-order chi connectivity index (χ1) is 18.6. The van der Waals surface area contributed by atoms with Gasteiger partial charge in [0.2, 0.25) is 0 Å². The number of fused-ring (bicyclic) bond motifs is 3. The molecule has 0 unspecified atom stereocenters. The van der Waals surface area contributed by atoms with Gasteiger partial charge in [0.25, 0.3) is 0 Å². The minimum atomic E-state index is 0.0647. The van der Waals surface area contributed by atoms with Crippen LogP contribution in [0.1, 0.15) is 133 Å². The van der Waals surface area contributed by atoms with E-state index < -0.39 is 0 Å². The molecule has 2 aromatic rings. The highest BCUT2D eigenvalue weighted by Crippen LogP contribution is 2.60. The van der Waals surface area contributed by atoms with Crippen molar-refractivity contribution in [1.82, 2.24) is 0 Å². The average molecular weight is 511 g/mol. The van der Waals surface area contributed by atoms with E-state index in [9.17, 15) is 10.5 Å². The Morgan fingerprint density at radius 3 is 1.89 bits per heavy atom. The number of ether oxygens (including phenoxy) is 1. The maximum absolute atomic E-state index is 10.3. The van der Waals surface area contributed by atoms with Gasteiger partial charge in [-0.1, -0.05) is 89.5 Å². The predicted octanol–water partition coefficient (Wildman–Crippen LogP) is 10.0. The fourth-order valence-corrected chi connectivity index (χ4v) is 7.11. The third kappa shape index (κ3) is 6.26. The molecule has 38 heavy (non-hydrogen) atoms. The SMILES string of the molecule is CCCCCCCOc1ccc(-c2ccc(C34CCC(CCCCCC)(CC3)CC4)c(C#N)c2C#N)cc1. The molecule has 0 saturated heterocycles. The molecular weight excluding hydrogens is 464 g/mol. The van der Waals surface area contributed by atoms with E-state index in [-0.39, 0.29) is 5.41 Å². The summed E-state index contributed by atoms with van der Waals surface area (Å²) in [4.78, 5) is 0. The Balaban J connectivity index is 1.47. The maximum Gasteiger partial charge on any atom is 0.119 e. The number of hydrogen-bond donors (Lipinski definition) is 0. The van der Waals surface area contributed by atoms with Crippen LogP contribution >= 0.6 is 0 Å². The Hall–Kier alpha value is -2.78. The van der Waals surface area contributed by atoms with Crippen LogP contribution in [-0.2, 0) is 5.41 Å². The summed E-state index contributed by atoms with van der Waals surface area (Å²) in [7, 11) is 0. The largest absolute Gasteiger partial charge is 0.494 e. The minimum Gasteiger partial charge on any atom is -0.494 e. The summed E-state index contributed by atoms with van der Waals surface area (Å²) in [5.74, 6) is 0.862. The van der Waals surface area contributed by atoms with Crippen LogP contribution in [-0.4, -0.2) is 6.61 Å². The average Bonchev–Trinajstić information content (AvgIpc) is 2.97. The standard InChI is InChI=1S/C35H46N2O/c1-3-5-7-9-11-25-38-29-14-12-28(13-15-29)30-16-17-33(32(27-37)31(30)26-36)35-22-19-34(20-23-35,21-24-35)18-10-8-6-4-2/h12-17H,3-11,18-25H2,1-2H3. The molecule has 0 radical (unpaired) electrons. The smallest absolute Gasteiger partial charge is 0.119 e. The second-order valence-electron chi connectivity index (χ2n) is 12.0. The van der Waals surface area contributed by atoms with Crippen molar-refractivity contribution in [3.8, 4) is 29.0 Å². The molecule has 3 fully saturated rings. The highest BCUT2D eigenvalue weighted by molar-refractivity contribution is 5.75. The molecule has 202 valence electrons. The van der Waals surface area contributed by atoms with Crippen molar-refractivity contribution in [1.29, 1.82) is 10.5 Å². The molecule has 0 N–H and O–H groups in total. The Labute approximate surface area is 231 Å². The van der Waals surface area contributed by atoms with Gasteiger partial charge in [0, 0.05) is 5.56 Å². The van der Waals surface area contributed by atoms with Crippen molar-refractivity contribution in [2.24, 2.45) is 5.41 Å². The molecule has 3 aliphatic carbocycles. The lowest BCUT2D eigenvalue weighted by Gasteiger charge is -2.54. The Morgan fingerprint density at radius 2 is 1.29 bits per heavy atom. The van der Waals surface area contributed by atoms with E-state index in [4.69, 9.17) is 4.74 Å². The molecule has 3 aliphatic rings. The number of nitriles is 2. The van der Waals surface area contributed by atoms with Gasteiger partial charge < -0.3 is 4.74 Å². The van der Waals surface area contributed by atoms with Crippen LogP contribution in [0.2, 0.25) is 0 Å². The van der Waals surface area contributed by atoms with Gasteiger partial charge >= 0.3 is 0 Å². The van der Waals surface area contributed by atoms with Crippen LogP contribution in [0.5, 0.6) is 5.75 Å². The van der Waals surface area contributed by atoms with Crippen LogP contribution in [0.3, 0.4) is 0 Å². The lowest BCUT2D eigenvalue weighted by Crippen LogP contribution is -2.44. The molecule has 0 aromatic heterocycles. The van der Waals surface area contributed by atoms with E-state index in [1.54, 1.807) is 0 Å². The summed E-state index contributed by atoms with van der Waals surface area (Å²) >= 11 is 0. The van der Waals surface area contributed by atoms with E-state index in [1.807, 2.05) is 24.3 Å². The number of nitrogens with zero attached hydrogens (tertiary/aromatic N) is 2. The quantitative estimate of drug-likeness (QED) is 0.238. The van der Waals surface area contributed by atoms with Gasteiger partial charge in [-0.05, 0) is 85.5 Å². The van der Waals surface area contributed by atoms with Gasteiger partial charge in [0.15, 0.2) is 0 Å². The zero-order valence-electron chi connectivity index (χ0n) is 23.8. The molecule has 0 amide bonds. The summed E-state index contributed by atoms with van der Waals surface area (Å²) in [5, 5.41) is 20.5. The Bertz CT molecular complexity index is 1110. The van der Waals surface area contributed by atoms with Crippen molar-refractivity contribution >= 4 is 0 Å². The minimum absolute atomic E-state index is 0.0647. The molecule has 0 atom stereocenters. The third-order valence-electron chi connectivity index (χ3n) is 9.64. The highest BCUT2D eigenvalue weighted by Gasteiger charge is 2.49. The second-order valence-corrected chi connectivity index (χ2v) is 12.0. The van der Waals surface area contributed by atoms with E-state index in [2.05, 4.69) is 38.1 Å². The first-order valence-electron chi connectivity index (χ1n) is 15.3. The highest BCUT2D eigenvalue weighted by atomic mass is 16.5. The van der Waals surface area contributed by atoms with E-state index in [1.165, 1.54) is 77.0 Å². The molecule has 3 nitrogen and oxygen atoms in total. The monoisotopic (exact) mass is 510 g/mol. The first kappa shape index (κ1) is 28.2. The zero-order valence-corrected chi connectivity index (χ0v) is 23.8. The molecule has 0 heterocycles. The number of benzene rings is 2. The van der Waals surface area contributed by atoms with Crippen molar-refractivity contribution in [3.05, 3.63) is 53.1 Å². The van der Waals surface area contributed by atoms with Crippen LogP contribution in [0.4, 0.5) is 0 Å². The van der Waals surface area contributed by atoms with Gasteiger partial charge in [-0.25, -0.2) is 0 Å². The molecule has 0 aliphatic heterocycles. The van der Waals surface area contributed by atoms with Gasteiger partial charge in [0.1, 0.15) is 17.9 Å². The van der Waals surface area contributed by atoms with Crippen LogP contribution < -0.4 is 4.74 Å². The van der Waals surface area contributed by atoms with Crippen molar-refractivity contribution in [3.63, 3.8) is 0 Å². The van der Waals surface area contributed by atoms with Crippen molar-refractivity contribution in [2.45, 2.75) is 122 Å². The molecule has 2 aromatic carbocycles. The van der Waals surface area contributed by atoms with E-state index in [0.29, 0.717) is 16.5 Å². The van der Waals surface area contributed by atoms with Crippen LogP contribution in [0.15, 0.2) is 36.4 Å². The van der Waals surface area contributed by atoms with Gasteiger partial charge in [-0.15, -0.1) is 0 Å². The Kier molecular flexibility index (Phi) is 9.91. The number of hydrogen-bond acceptors (Lipinski definition) is 3. The lowest BCUT2D eigenvalue weighted by atomic mass is 9.50. The third-order valence-corrected chi connectivity index (χ3v) is 9.64. The van der Waals surface area contributed by atoms with E-state index >= 15 is 0 Å². The summed E-state index contributed by atoms with van der Waals surface area (Å²) in [6.45, 7) is 5.25. The molecule has 0 spiro atoms. The topological polar surface area (TPSA) is 56.8 Å².